The molecular weight excluding hydrogens is 228 g/mol. The first kappa shape index (κ1) is 12.9. The molecule has 1 aliphatic rings. The van der Waals surface area contributed by atoms with Crippen LogP contribution in [0.3, 0.4) is 0 Å². The number of benzene rings is 1. The second-order valence-electron chi connectivity index (χ2n) is 4.70. The highest BCUT2D eigenvalue weighted by atomic mass is 16.5. The fourth-order valence-electron chi connectivity index (χ4n) is 2.17. The number of amides is 1. The van der Waals surface area contributed by atoms with Crippen molar-refractivity contribution in [1.82, 2.24) is 10.6 Å². The van der Waals surface area contributed by atoms with Crippen LogP contribution in [0.5, 0.6) is 5.75 Å². The molecule has 0 saturated carbocycles. The van der Waals surface area contributed by atoms with Crippen LogP contribution in [0, 0.1) is 0 Å². The predicted molar refractivity (Wildman–Crippen MR) is 70.8 cm³/mol. The zero-order chi connectivity index (χ0) is 13.0. The lowest BCUT2D eigenvalue weighted by atomic mass is 9.99. The van der Waals surface area contributed by atoms with E-state index >= 15 is 0 Å². The first-order chi connectivity index (χ1) is 8.70. The van der Waals surface area contributed by atoms with Gasteiger partial charge in [0.2, 0.25) is 5.91 Å². The molecule has 1 amide bonds. The van der Waals surface area contributed by atoms with Gasteiger partial charge in [0.05, 0.1) is 13.0 Å². The number of hydrogen-bond donors (Lipinski definition) is 2. The second-order valence-corrected chi connectivity index (χ2v) is 4.70. The number of nitrogens with one attached hydrogen (secondary N) is 2. The minimum absolute atomic E-state index is 0.0805. The van der Waals surface area contributed by atoms with Crippen molar-refractivity contribution in [2.45, 2.75) is 25.3 Å². The molecule has 4 heteroatoms. The third-order valence-electron chi connectivity index (χ3n) is 3.39. The van der Waals surface area contributed by atoms with Crippen LogP contribution in [0.1, 0.15) is 24.8 Å². The molecule has 0 bridgehead atoms. The van der Waals surface area contributed by atoms with Crippen molar-refractivity contribution in [3.05, 3.63) is 29.8 Å². The summed E-state index contributed by atoms with van der Waals surface area (Å²) < 4.78 is 5.18. The molecule has 0 spiro atoms. The van der Waals surface area contributed by atoms with Crippen molar-refractivity contribution in [2.24, 2.45) is 0 Å². The van der Waals surface area contributed by atoms with Gasteiger partial charge in [0, 0.05) is 12.6 Å². The van der Waals surface area contributed by atoms with Crippen molar-refractivity contribution >= 4 is 5.91 Å². The summed E-state index contributed by atoms with van der Waals surface area (Å²) in [4.78, 5) is 12.1. The Morgan fingerprint density at radius 2 is 2.39 bits per heavy atom. The lowest BCUT2D eigenvalue weighted by Crippen LogP contribution is -2.38. The quantitative estimate of drug-likeness (QED) is 0.844. The van der Waals surface area contributed by atoms with Gasteiger partial charge in [0.25, 0.3) is 0 Å². The van der Waals surface area contributed by atoms with E-state index in [0.717, 1.165) is 30.8 Å². The van der Waals surface area contributed by atoms with Crippen LogP contribution < -0.4 is 15.4 Å². The highest BCUT2D eigenvalue weighted by molar-refractivity contribution is 5.83. The van der Waals surface area contributed by atoms with Crippen molar-refractivity contribution < 1.29 is 9.53 Å². The van der Waals surface area contributed by atoms with E-state index in [-0.39, 0.29) is 17.9 Å². The Bertz CT molecular complexity index is 414. The molecule has 1 aromatic rings. The van der Waals surface area contributed by atoms with Crippen LogP contribution in [-0.4, -0.2) is 32.1 Å². The molecule has 98 valence electrons. The molecule has 2 N–H and O–H groups in total. The Morgan fingerprint density at radius 1 is 1.56 bits per heavy atom. The summed E-state index contributed by atoms with van der Waals surface area (Å²) in [7, 11) is 1.63. The van der Waals surface area contributed by atoms with Gasteiger partial charge in [-0.25, -0.2) is 0 Å². The van der Waals surface area contributed by atoms with Gasteiger partial charge in [0.15, 0.2) is 0 Å². The minimum atomic E-state index is -0.152. The lowest BCUT2D eigenvalue weighted by molar-refractivity contribution is -0.122. The molecule has 2 atom stereocenters. The molecule has 1 heterocycles. The average Bonchev–Trinajstić information content (AvgIpc) is 2.90. The molecular formula is C14H20N2O2. The van der Waals surface area contributed by atoms with Crippen molar-refractivity contribution in [1.29, 1.82) is 0 Å². The summed E-state index contributed by atoms with van der Waals surface area (Å²) in [5.74, 6) is 0.715. The first-order valence-corrected chi connectivity index (χ1v) is 6.35. The normalized spacial score (nSPS) is 20.4. The van der Waals surface area contributed by atoms with E-state index in [1.54, 1.807) is 7.11 Å². The van der Waals surface area contributed by atoms with Crippen LogP contribution >= 0.6 is 0 Å². The topological polar surface area (TPSA) is 50.4 Å². The molecule has 2 rings (SSSR count). The average molecular weight is 248 g/mol. The molecule has 0 aliphatic carbocycles. The highest BCUT2D eigenvalue weighted by Crippen LogP contribution is 2.21. The fraction of sp³-hybridized carbons (Fsp3) is 0.500. The molecule has 4 nitrogen and oxygen atoms in total. The van der Waals surface area contributed by atoms with Gasteiger partial charge in [-0.15, -0.1) is 0 Å². The number of carbonyl (C=O) groups is 1. The molecule has 2 unspecified atom stereocenters. The predicted octanol–water partition coefficient (Wildman–Crippen LogP) is 1.28. The number of methoxy groups -OCH3 is 1. The van der Waals surface area contributed by atoms with E-state index < -0.39 is 0 Å². The highest BCUT2D eigenvalue weighted by Gasteiger charge is 2.21. The van der Waals surface area contributed by atoms with E-state index in [1.807, 2.05) is 31.2 Å². The standard InChI is InChI=1S/C14H20N2O2/c1-10(11-4-3-5-13(8-11)18-2)14(17)16-12-6-7-15-9-12/h3-5,8,10,12,15H,6-7,9H2,1-2H3,(H,16,17). The summed E-state index contributed by atoms with van der Waals surface area (Å²) >= 11 is 0. The van der Waals surface area contributed by atoms with Gasteiger partial charge in [-0.3, -0.25) is 4.79 Å². The number of carbonyl (C=O) groups excluding carboxylic acids is 1. The van der Waals surface area contributed by atoms with Crippen molar-refractivity contribution in [3.8, 4) is 5.75 Å². The zero-order valence-corrected chi connectivity index (χ0v) is 10.9. The number of hydrogen-bond acceptors (Lipinski definition) is 3. The third kappa shape index (κ3) is 3.01. The van der Waals surface area contributed by atoms with Gasteiger partial charge in [0.1, 0.15) is 5.75 Å². The molecule has 1 saturated heterocycles. The zero-order valence-electron chi connectivity index (χ0n) is 10.9. The van der Waals surface area contributed by atoms with Gasteiger partial charge < -0.3 is 15.4 Å². The maximum absolute atomic E-state index is 12.1. The monoisotopic (exact) mass is 248 g/mol. The number of rotatable bonds is 4. The van der Waals surface area contributed by atoms with Gasteiger partial charge in [-0.05, 0) is 37.6 Å². The Morgan fingerprint density at radius 3 is 3.06 bits per heavy atom. The van der Waals surface area contributed by atoms with Gasteiger partial charge in [-0.1, -0.05) is 12.1 Å². The largest absolute Gasteiger partial charge is 0.497 e. The first-order valence-electron chi connectivity index (χ1n) is 6.35. The maximum atomic E-state index is 12.1. The molecule has 18 heavy (non-hydrogen) atoms. The van der Waals surface area contributed by atoms with Crippen LogP contribution in [0.4, 0.5) is 0 Å². The summed E-state index contributed by atoms with van der Waals surface area (Å²) in [6.07, 6.45) is 1.01. The van der Waals surface area contributed by atoms with Crippen LogP contribution in [0.25, 0.3) is 0 Å². The van der Waals surface area contributed by atoms with Crippen molar-refractivity contribution in [3.63, 3.8) is 0 Å². The summed E-state index contributed by atoms with van der Waals surface area (Å²) in [5, 5.41) is 6.31. The fourth-order valence-corrected chi connectivity index (χ4v) is 2.17. The van der Waals surface area contributed by atoms with E-state index in [1.165, 1.54) is 0 Å². The molecule has 0 aromatic heterocycles. The number of ether oxygens (including phenoxy) is 1. The van der Waals surface area contributed by atoms with Crippen LogP contribution in [-0.2, 0) is 4.79 Å². The summed E-state index contributed by atoms with van der Waals surface area (Å²) in [6.45, 7) is 3.78. The van der Waals surface area contributed by atoms with Crippen LogP contribution in [0.15, 0.2) is 24.3 Å². The summed E-state index contributed by atoms with van der Waals surface area (Å²) in [5.41, 5.74) is 0.984. The molecule has 0 radical (unpaired) electrons. The Hall–Kier alpha value is -1.55. The van der Waals surface area contributed by atoms with E-state index in [2.05, 4.69) is 10.6 Å². The SMILES string of the molecule is COc1cccc(C(C)C(=O)NC2CCNC2)c1. The Labute approximate surface area is 108 Å². The van der Waals surface area contributed by atoms with Gasteiger partial charge in [-0.2, -0.15) is 0 Å². The Kier molecular flexibility index (Phi) is 4.20. The second kappa shape index (κ2) is 5.87. The lowest BCUT2D eigenvalue weighted by Gasteiger charge is -2.17. The molecule has 1 fully saturated rings. The van der Waals surface area contributed by atoms with E-state index in [4.69, 9.17) is 4.74 Å². The van der Waals surface area contributed by atoms with E-state index in [0.29, 0.717) is 0 Å². The minimum Gasteiger partial charge on any atom is -0.497 e. The van der Waals surface area contributed by atoms with Crippen LogP contribution in [0.2, 0.25) is 0 Å². The smallest absolute Gasteiger partial charge is 0.227 e. The van der Waals surface area contributed by atoms with E-state index in [9.17, 15) is 4.79 Å². The molecule has 1 aromatic carbocycles. The Balaban J connectivity index is 2.00. The van der Waals surface area contributed by atoms with Gasteiger partial charge >= 0.3 is 0 Å². The summed E-state index contributed by atoms with van der Waals surface area (Å²) in [6, 6.07) is 7.94. The third-order valence-corrected chi connectivity index (χ3v) is 3.39. The van der Waals surface area contributed by atoms with Crippen molar-refractivity contribution in [2.75, 3.05) is 20.2 Å². The molecule has 1 aliphatic heterocycles. The maximum Gasteiger partial charge on any atom is 0.227 e.